The summed E-state index contributed by atoms with van der Waals surface area (Å²) in [6.07, 6.45) is -0.0965. The zero-order valence-corrected chi connectivity index (χ0v) is 17.0. The number of nitrogens with zero attached hydrogens (tertiary/aromatic N) is 1. The molecular weight excluding hydrogens is 394 g/mol. The highest BCUT2D eigenvalue weighted by Crippen LogP contribution is 2.34. The lowest BCUT2D eigenvalue weighted by molar-refractivity contribution is -0.127. The number of nitrogens with one attached hydrogen (secondary N) is 1. The summed E-state index contributed by atoms with van der Waals surface area (Å²) in [6.45, 7) is 4.05. The molecule has 154 valence electrons. The van der Waals surface area contributed by atoms with Crippen molar-refractivity contribution in [3.8, 4) is 5.75 Å². The summed E-state index contributed by atoms with van der Waals surface area (Å²) in [4.78, 5) is 27.0. The Balaban J connectivity index is 1.98. The SMILES string of the molecule is CCCNC(=O)[C@H]1CN(C(=O)c2ccc(C)c(S(N)(=O)=O)c2)c2ccccc2O1. The lowest BCUT2D eigenvalue weighted by Crippen LogP contribution is -2.50. The molecule has 3 N–H and O–H groups in total. The number of fused-ring (bicyclic) bond motifs is 1. The van der Waals surface area contributed by atoms with E-state index in [4.69, 9.17) is 9.88 Å². The van der Waals surface area contributed by atoms with Gasteiger partial charge in [0.05, 0.1) is 17.1 Å². The molecule has 8 nitrogen and oxygen atoms in total. The first-order valence-electron chi connectivity index (χ1n) is 9.21. The summed E-state index contributed by atoms with van der Waals surface area (Å²) >= 11 is 0. The molecule has 0 saturated heterocycles. The van der Waals surface area contributed by atoms with Crippen molar-refractivity contribution in [2.45, 2.75) is 31.3 Å². The van der Waals surface area contributed by atoms with Gasteiger partial charge in [-0.2, -0.15) is 0 Å². The maximum absolute atomic E-state index is 13.2. The number of rotatable bonds is 5. The van der Waals surface area contributed by atoms with E-state index in [0.717, 1.165) is 6.42 Å². The van der Waals surface area contributed by atoms with Gasteiger partial charge in [-0.3, -0.25) is 9.59 Å². The summed E-state index contributed by atoms with van der Waals surface area (Å²) in [5.41, 5.74) is 1.11. The number of hydrogen-bond acceptors (Lipinski definition) is 5. The summed E-state index contributed by atoms with van der Waals surface area (Å²) in [5.74, 6) is -0.352. The predicted molar refractivity (Wildman–Crippen MR) is 108 cm³/mol. The number of amides is 2. The largest absolute Gasteiger partial charge is 0.477 e. The molecule has 0 saturated carbocycles. The summed E-state index contributed by atoms with van der Waals surface area (Å²) in [5, 5.41) is 8.04. The Kier molecular flexibility index (Phi) is 5.90. The van der Waals surface area contributed by atoms with Crippen LogP contribution in [0.15, 0.2) is 47.4 Å². The minimum Gasteiger partial charge on any atom is -0.477 e. The molecule has 0 spiro atoms. The lowest BCUT2D eigenvalue weighted by Gasteiger charge is -2.34. The zero-order valence-electron chi connectivity index (χ0n) is 16.2. The summed E-state index contributed by atoms with van der Waals surface area (Å²) in [7, 11) is -3.97. The average Bonchev–Trinajstić information content (AvgIpc) is 2.70. The van der Waals surface area contributed by atoms with E-state index in [1.165, 1.54) is 23.1 Å². The molecule has 2 aromatic rings. The number of ether oxygens (including phenoxy) is 1. The standard InChI is InChI=1S/C20H23N3O5S/c1-3-10-22-19(24)17-12-23(15-6-4-5-7-16(15)28-17)20(25)14-9-8-13(2)18(11-14)29(21,26)27/h4-9,11,17H,3,10,12H2,1-2H3,(H,22,24)(H2,21,26,27)/t17-/m1/s1. The van der Waals surface area contributed by atoms with E-state index in [9.17, 15) is 18.0 Å². The van der Waals surface area contributed by atoms with Gasteiger partial charge in [-0.1, -0.05) is 25.1 Å². The Labute approximate surface area is 169 Å². The third-order valence-electron chi connectivity index (χ3n) is 4.60. The number of anilines is 1. The van der Waals surface area contributed by atoms with Gasteiger partial charge in [0.25, 0.3) is 11.8 Å². The topological polar surface area (TPSA) is 119 Å². The molecule has 29 heavy (non-hydrogen) atoms. The third kappa shape index (κ3) is 4.41. The monoisotopic (exact) mass is 417 g/mol. The van der Waals surface area contributed by atoms with Gasteiger partial charge in [-0.25, -0.2) is 13.6 Å². The molecule has 1 heterocycles. The fourth-order valence-electron chi connectivity index (χ4n) is 3.12. The second kappa shape index (κ2) is 8.22. The van der Waals surface area contributed by atoms with Gasteiger partial charge in [0.1, 0.15) is 5.75 Å². The number of aryl methyl sites for hydroxylation is 1. The van der Waals surface area contributed by atoms with Crippen molar-refractivity contribution in [1.82, 2.24) is 5.32 Å². The van der Waals surface area contributed by atoms with Gasteiger partial charge in [-0.05, 0) is 43.2 Å². The highest BCUT2D eigenvalue weighted by molar-refractivity contribution is 7.89. The number of benzene rings is 2. The van der Waals surface area contributed by atoms with Crippen LogP contribution in [0.1, 0.15) is 29.3 Å². The van der Waals surface area contributed by atoms with Crippen molar-refractivity contribution in [3.63, 3.8) is 0 Å². The van der Waals surface area contributed by atoms with Crippen molar-refractivity contribution in [2.24, 2.45) is 5.14 Å². The van der Waals surface area contributed by atoms with Gasteiger partial charge >= 0.3 is 0 Å². The van der Waals surface area contributed by atoms with Crippen LogP contribution in [0.25, 0.3) is 0 Å². The Hall–Kier alpha value is -2.91. The minimum absolute atomic E-state index is 0.00395. The fourth-order valence-corrected chi connectivity index (χ4v) is 3.93. The van der Waals surface area contributed by atoms with Crippen LogP contribution < -0.4 is 20.1 Å². The molecule has 0 bridgehead atoms. The Bertz CT molecular complexity index is 1050. The first-order chi connectivity index (χ1) is 13.7. The van der Waals surface area contributed by atoms with E-state index >= 15 is 0 Å². The quantitative estimate of drug-likeness (QED) is 0.766. The Morgan fingerprint density at radius 1 is 1.24 bits per heavy atom. The van der Waals surface area contributed by atoms with Crippen molar-refractivity contribution in [1.29, 1.82) is 0 Å². The van der Waals surface area contributed by atoms with Crippen LogP contribution in [-0.2, 0) is 14.8 Å². The lowest BCUT2D eigenvalue weighted by atomic mass is 10.1. The maximum Gasteiger partial charge on any atom is 0.262 e. The van der Waals surface area contributed by atoms with E-state index in [1.807, 2.05) is 6.92 Å². The van der Waals surface area contributed by atoms with Crippen LogP contribution >= 0.6 is 0 Å². The smallest absolute Gasteiger partial charge is 0.262 e. The van der Waals surface area contributed by atoms with Gasteiger partial charge < -0.3 is 15.0 Å². The van der Waals surface area contributed by atoms with Crippen molar-refractivity contribution in [2.75, 3.05) is 18.0 Å². The normalized spacial score (nSPS) is 16.0. The average molecular weight is 417 g/mol. The highest BCUT2D eigenvalue weighted by atomic mass is 32.2. The number of sulfonamides is 1. The Morgan fingerprint density at radius 3 is 2.66 bits per heavy atom. The molecule has 9 heteroatoms. The van der Waals surface area contributed by atoms with Crippen LogP contribution in [0.4, 0.5) is 5.69 Å². The molecule has 0 aliphatic carbocycles. The molecule has 1 aliphatic rings. The van der Waals surface area contributed by atoms with Crippen LogP contribution in [0.5, 0.6) is 5.75 Å². The highest BCUT2D eigenvalue weighted by Gasteiger charge is 2.34. The molecular formula is C20H23N3O5S. The number of nitrogens with two attached hydrogens (primary N) is 1. The summed E-state index contributed by atoms with van der Waals surface area (Å²) in [6, 6.07) is 11.2. The fraction of sp³-hybridized carbons (Fsp3) is 0.300. The van der Waals surface area contributed by atoms with Crippen LogP contribution in [0.3, 0.4) is 0 Å². The molecule has 2 aromatic carbocycles. The summed E-state index contributed by atoms with van der Waals surface area (Å²) < 4.78 is 29.4. The van der Waals surface area contributed by atoms with Gasteiger partial charge in [0, 0.05) is 12.1 Å². The number of primary sulfonamides is 1. The molecule has 0 fully saturated rings. The second-order valence-electron chi connectivity index (χ2n) is 6.81. The van der Waals surface area contributed by atoms with Gasteiger partial charge in [0.2, 0.25) is 10.0 Å². The van der Waals surface area contributed by atoms with Gasteiger partial charge in [0.15, 0.2) is 6.10 Å². The van der Waals surface area contributed by atoms with Crippen LogP contribution in [0.2, 0.25) is 0 Å². The number of hydrogen-bond donors (Lipinski definition) is 2. The molecule has 2 amide bonds. The van der Waals surface area contributed by atoms with E-state index in [-0.39, 0.29) is 22.9 Å². The van der Waals surface area contributed by atoms with Crippen LogP contribution in [0, 0.1) is 6.92 Å². The van der Waals surface area contributed by atoms with Crippen molar-refractivity contribution >= 4 is 27.5 Å². The van der Waals surface area contributed by atoms with Crippen molar-refractivity contribution in [3.05, 3.63) is 53.6 Å². The molecule has 0 radical (unpaired) electrons. The number of carbonyl (C=O) groups is 2. The van der Waals surface area contributed by atoms with E-state index in [1.54, 1.807) is 31.2 Å². The van der Waals surface area contributed by atoms with Gasteiger partial charge in [-0.15, -0.1) is 0 Å². The first-order valence-corrected chi connectivity index (χ1v) is 10.8. The van der Waals surface area contributed by atoms with Crippen LogP contribution in [-0.4, -0.2) is 39.4 Å². The maximum atomic E-state index is 13.2. The van der Waals surface area contributed by atoms with E-state index < -0.39 is 22.0 Å². The molecule has 1 atom stereocenters. The molecule has 0 unspecified atom stereocenters. The van der Waals surface area contributed by atoms with Crippen molar-refractivity contribution < 1.29 is 22.7 Å². The molecule has 1 aliphatic heterocycles. The predicted octanol–water partition coefficient (Wildman–Crippen LogP) is 1.58. The first kappa shape index (κ1) is 20.8. The molecule has 0 aromatic heterocycles. The van der Waals surface area contributed by atoms with E-state index in [2.05, 4.69) is 5.32 Å². The number of para-hydroxylation sites is 2. The Morgan fingerprint density at radius 2 is 1.97 bits per heavy atom. The minimum atomic E-state index is -3.97. The zero-order chi connectivity index (χ0) is 21.2. The van der Waals surface area contributed by atoms with E-state index in [0.29, 0.717) is 23.5 Å². The third-order valence-corrected chi connectivity index (χ3v) is 5.65. The second-order valence-corrected chi connectivity index (χ2v) is 8.34. The molecule has 3 rings (SSSR count). The number of carbonyl (C=O) groups excluding carboxylic acids is 2.